The highest BCUT2D eigenvalue weighted by Gasteiger charge is 2.28. The first kappa shape index (κ1) is 19.8. The summed E-state index contributed by atoms with van der Waals surface area (Å²) >= 11 is 8.40. The molecule has 0 radical (unpaired) electrons. The van der Waals surface area contributed by atoms with Gasteiger partial charge in [-0.25, -0.2) is 0 Å². The van der Waals surface area contributed by atoms with Gasteiger partial charge in [0.1, 0.15) is 11.9 Å². The van der Waals surface area contributed by atoms with Crippen molar-refractivity contribution in [2.75, 3.05) is 44.9 Å². The number of methoxy groups -OCH3 is 1. The Morgan fingerprint density at radius 3 is 2.81 bits per heavy atom. The maximum absolute atomic E-state index is 12.1. The molecule has 2 saturated heterocycles. The maximum atomic E-state index is 12.1. The lowest BCUT2D eigenvalue weighted by Crippen LogP contribution is -2.44. The molecule has 0 unspecified atom stereocenters. The quantitative estimate of drug-likeness (QED) is 0.715. The van der Waals surface area contributed by atoms with Gasteiger partial charge in [-0.15, -0.1) is 0 Å². The van der Waals surface area contributed by atoms with Gasteiger partial charge >= 0.3 is 0 Å². The topological polar surface area (TPSA) is 50.8 Å². The van der Waals surface area contributed by atoms with Crippen LogP contribution < -0.4 is 10.1 Å². The van der Waals surface area contributed by atoms with Crippen molar-refractivity contribution in [3.05, 3.63) is 28.8 Å². The summed E-state index contributed by atoms with van der Waals surface area (Å²) < 4.78 is 11.0. The summed E-state index contributed by atoms with van der Waals surface area (Å²) in [4.78, 5) is 14.7. The lowest BCUT2D eigenvalue weighted by atomic mass is 10.0. The molecule has 1 aromatic rings. The summed E-state index contributed by atoms with van der Waals surface area (Å²) in [6.45, 7) is 3.14. The molecular formula is C19H27ClN2O3S. The Labute approximate surface area is 164 Å². The van der Waals surface area contributed by atoms with E-state index in [1.807, 2.05) is 0 Å². The molecule has 0 saturated carbocycles. The van der Waals surface area contributed by atoms with Crippen LogP contribution in [0.25, 0.3) is 0 Å². The number of benzene rings is 1. The van der Waals surface area contributed by atoms with Crippen molar-refractivity contribution in [2.24, 2.45) is 0 Å². The Kier molecular flexibility index (Phi) is 7.49. The number of hydrogen-bond acceptors (Lipinski definition) is 5. The number of likely N-dealkylation sites (tertiary alicyclic amines) is 1. The molecule has 0 spiro atoms. The van der Waals surface area contributed by atoms with Crippen LogP contribution in [0.2, 0.25) is 5.02 Å². The molecule has 26 heavy (non-hydrogen) atoms. The number of carbonyl (C=O) groups excluding carboxylic acids is 1. The van der Waals surface area contributed by atoms with E-state index in [0.29, 0.717) is 29.5 Å². The van der Waals surface area contributed by atoms with E-state index < -0.39 is 0 Å². The molecule has 1 N–H and O–H groups in total. The lowest BCUT2D eigenvalue weighted by molar-refractivity contribution is 0.0817. The van der Waals surface area contributed by atoms with E-state index in [-0.39, 0.29) is 12.0 Å². The largest absolute Gasteiger partial charge is 0.489 e. The molecule has 2 heterocycles. The third kappa shape index (κ3) is 5.28. The number of hydrogen-bond donors (Lipinski definition) is 1. The monoisotopic (exact) mass is 398 g/mol. The van der Waals surface area contributed by atoms with Crippen LogP contribution in [0.5, 0.6) is 5.75 Å². The molecule has 2 aliphatic rings. The standard InChI is InChI=1S/C19H27ClN2O3S/c1-24-10-7-21-19(23)14-2-3-18(17(20)12-14)25-16-4-8-22(9-5-16)15-6-11-26-13-15/h2-3,12,15-16H,4-11,13H2,1H3,(H,21,23)/t15-/m0/s1. The van der Waals surface area contributed by atoms with Crippen molar-refractivity contribution < 1.29 is 14.3 Å². The molecule has 5 nitrogen and oxygen atoms in total. The Bertz CT molecular complexity index is 602. The van der Waals surface area contributed by atoms with E-state index in [1.165, 1.54) is 17.9 Å². The highest BCUT2D eigenvalue weighted by molar-refractivity contribution is 7.99. The van der Waals surface area contributed by atoms with Crippen LogP contribution in [0.3, 0.4) is 0 Å². The summed E-state index contributed by atoms with van der Waals surface area (Å²) in [7, 11) is 1.60. The first-order chi connectivity index (χ1) is 12.7. The summed E-state index contributed by atoms with van der Waals surface area (Å²) in [5.74, 6) is 3.07. The number of ether oxygens (including phenoxy) is 2. The minimum absolute atomic E-state index is 0.154. The molecule has 0 bridgehead atoms. The molecular weight excluding hydrogens is 372 g/mol. The summed E-state index contributed by atoms with van der Waals surface area (Å²) in [6.07, 6.45) is 3.56. The van der Waals surface area contributed by atoms with Crippen LogP contribution in [0.15, 0.2) is 18.2 Å². The van der Waals surface area contributed by atoms with Crippen LogP contribution in [-0.2, 0) is 4.74 Å². The number of nitrogens with zero attached hydrogens (tertiary/aromatic N) is 1. The number of halogens is 1. The van der Waals surface area contributed by atoms with Crippen molar-refractivity contribution in [3.8, 4) is 5.75 Å². The molecule has 0 aromatic heterocycles. The average molecular weight is 399 g/mol. The van der Waals surface area contributed by atoms with Gasteiger partial charge < -0.3 is 14.8 Å². The van der Waals surface area contributed by atoms with Gasteiger partial charge in [0, 0.05) is 44.1 Å². The number of nitrogens with one attached hydrogen (secondary N) is 1. The van der Waals surface area contributed by atoms with E-state index in [4.69, 9.17) is 21.1 Å². The second kappa shape index (κ2) is 9.83. The number of thioether (sulfide) groups is 1. The predicted molar refractivity (Wildman–Crippen MR) is 107 cm³/mol. The Morgan fingerprint density at radius 2 is 2.15 bits per heavy atom. The van der Waals surface area contributed by atoms with E-state index in [0.717, 1.165) is 32.0 Å². The van der Waals surface area contributed by atoms with Gasteiger partial charge in [-0.1, -0.05) is 11.6 Å². The fourth-order valence-electron chi connectivity index (χ4n) is 3.45. The minimum atomic E-state index is -0.154. The van der Waals surface area contributed by atoms with Crippen molar-refractivity contribution >= 4 is 29.3 Å². The lowest BCUT2D eigenvalue weighted by Gasteiger charge is -2.35. The van der Waals surface area contributed by atoms with Crippen molar-refractivity contribution in [1.82, 2.24) is 10.2 Å². The molecule has 1 aromatic carbocycles. The SMILES string of the molecule is COCCNC(=O)c1ccc(OC2CCN([C@H]3CCSC3)CC2)c(Cl)c1. The zero-order valence-corrected chi connectivity index (χ0v) is 16.8. The Morgan fingerprint density at radius 1 is 1.35 bits per heavy atom. The Hall–Kier alpha value is -0.950. The molecule has 3 rings (SSSR count). The first-order valence-corrected chi connectivity index (χ1v) is 10.8. The fourth-order valence-corrected chi connectivity index (χ4v) is 4.93. The highest BCUT2D eigenvalue weighted by atomic mass is 35.5. The van der Waals surface area contributed by atoms with Crippen LogP contribution in [0, 0.1) is 0 Å². The van der Waals surface area contributed by atoms with Crippen LogP contribution in [0.1, 0.15) is 29.6 Å². The third-order valence-electron chi connectivity index (χ3n) is 4.98. The molecule has 2 aliphatic heterocycles. The summed E-state index contributed by atoms with van der Waals surface area (Å²) in [5.41, 5.74) is 0.534. The molecule has 7 heteroatoms. The predicted octanol–water partition coefficient (Wildman–Crippen LogP) is 3.06. The molecule has 1 amide bonds. The summed E-state index contributed by atoms with van der Waals surface area (Å²) in [5, 5.41) is 3.27. The van der Waals surface area contributed by atoms with E-state index >= 15 is 0 Å². The zero-order chi connectivity index (χ0) is 18.4. The second-order valence-electron chi connectivity index (χ2n) is 6.76. The molecule has 144 valence electrons. The fraction of sp³-hybridized carbons (Fsp3) is 0.632. The van der Waals surface area contributed by atoms with Gasteiger partial charge in [-0.2, -0.15) is 11.8 Å². The number of amides is 1. The normalized spacial score (nSPS) is 21.7. The summed E-state index contributed by atoms with van der Waals surface area (Å²) in [6, 6.07) is 5.98. The van der Waals surface area contributed by atoms with E-state index in [1.54, 1.807) is 25.3 Å². The highest BCUT2D eigenvalue weighted by Crippen LogP contribution is 2.30. The van der Waals surface area contributed by atoms with Crippen molar-refractivity contribution in [2.45, 2.75) is 31.4 Å². The van der Waals surface area contributed by atoms with Crippen LogP contribution >= 0.6 is 23.4 Å². The molecule has 1 atom stereocenters. The van der Waals surface area contributed by atoms with Gasteiger partial charge in [0.2, 0.25) is 0 Å². The second-order valence-corrected chi connectivity index (χ2v) is 8.32. The zero-order valence-electron chi connectivity index (χ0n) is 15.2. The van der Waals surface area contributed by atoms with Crippen molar-refractivity contribution in [3.63, 3.8) is 0 Å². The van der Waals surface area contributed by atoms with Gasteiger partial charge in [0.25, 0.3) is 5.91 Å². The minimum Gasteiger partial charge on any atom is -0.489 e. The number of carbonyl (C=O) groups is 1. The Balaban J connectivity index is 1.50. The average Bonchev–Trinajstić information content (AvgIpc) is 3.19. The third-order valence-corrected chi connectivity index (χ3v) is 6.42. The van der Waals surface area contributed by atoms with Gasteiger partial charge in [0.05, 0.1) is 11.6 Å². The van der Waals surface area contributed by atoms with E-state index in [9.17, 15) is 4.79 Å². The number of piperidine rings is 1. The number of rotatable bonds is 7. The van der Waals surface area contributed by atoms with E-state index in [2.05, 4.69) is 22.0 Å². The van der Waals surface area contributed by atoms with Crippen molar-refractivity contribution in [1.29, 1.82) is 0 Å². The van der Waals surface area contributed by atoms with Gasteiger partial charge in [-0.3, -0.25) is 9.69 Å². The smallest absolute Gasteiger partial charge is 0.251 e. The van der Waals surface area contributed by atoms with Crippen LogP contribution in [-0.4, -0.2) is 67.8 Å². The molecule has 2 fully saturated rings. The molecule has 0 aliphatic carbocycles. The first-order valence-electron chi connectivity index (χ1n) is 9.22. The maximum Gasteiger partial charge on any atom is 0.251 e. The van der Waals surface area contributed by atoms with Crippen LogP contribution in [0.4, 0.5) is 0 Å². The van der Waals surface area contributed by atoms with Gasteiger partial charge in [0.15, 0.2) is 0 Å². The van der Waals surface area contributed by atoms with Gasteiger partial charge in [-0.05, 0) is 43.2 Å².